The van der Waals surface area contributed by atoms with E-state index >= 15 is 0 Å². The van der Waals surface area contributed by atoms with Crippen molar-refractivity contribution in [2.45, 2.75) is 48.4 Å². The number of fused-ring (bicyclic) bond motifs is 2. The van der Waals surface area contributed by atoms with Crippen molar-refractivity contribution in [1.82, 2.24) is 4.72 Å². The lowest BCUT2D eigenvalue weighted by molar-refractivity contribution is -0.0976. The third-order valence-corrected chi connectivity index (χ3v) is 11.2. The summed E-state index contributed by atoms with van der Waals surface area (Å²) in [5.74, 6) is -6.82. The highest BCUT2D eigenvalue weighted by Gasteiger charge is 2.57. The van der Waals surface area contributed by atoms with Crippen LogP contribution in [-0.2, 0) is 19.9 Å². The number of hydrogen-bond acceptors (Lipinski definition) is 6. The highest BCUT2D eigenvalue weighted by molar-refractivity contribution is 7.92. The molecule has 0 heterocycles. The molecule has 2 fully saturated rings. The van der Waals surface area contributed by atoms with Crippen molar-refractivity contribution in [2.75, 3.05) is 18.1 Å². The van der Waals surface area contributed by atoms with Gasteiger partial charge in [-0.25, -0.2) is 34.7 Å². The zero-order chi connectivity index (χ0) is 28.9. The topological polar surface area (TPSA) is 130 Å². The van der Waals surface area contributed by atoms with Gasteiger partial charge in [0.1, 0.15) is 0 Å². The predicted molar refractivity (Wildman–Crippen MR) is 139 cm³/mol. The lowest BCUT2D eigenvalue weighted by Crippen LogP contribution is -2.54. The van der Waals surface area contributed by atoms with Gasteiger partial charge in [0.05, 0.1) is 27.0 Å². The van der Waals surface area contributed by atoms with Crippen LogP contribution in [0.1, 0.15) is 43.0 Å². The van der Waals surface area contributed by atoms with Crippen molar-refractivity contribution in [2.24, 2.45) is 17.8 Å². The summed E-state index contributed by atoms with van der Waals surface area (Å²) in [5.41, 5.74) is -1.76. The summed E-state index contributed by atoms with van der Waals surface area (Å²) in [6.45, 7) is 1.75. The van der Waals surface area contributed by atoms with Crippen molar-refractivity contribution in [3.8, 4) is 0 Å². The fraction of sp³-hybridized carbons (Fsp3) is 0.480. The molecule has 2 aromatic rings. The molecule has 2 aliphatic rings. The number of carbonyl (C=O) groups is 1. The molecule has 14 heteroatoms. The van der Waals surface area contributed by atoms with Crippen LogP contribution in [0, 0.1) is 35.2 Å². The van der Waals surface area contributed by atoms with Gasteiger partial charge in [0.2, 0.25) is 10.0 Å². The minimum atomic E-state index is -4.08. The molecule has 214 valence electrons. The van der Waals surface area contributed by atoms with Crippen LogP contribution in [0.2, 0.25) is 5.02 Å². The molecule has 2 aromatic carbocycles. The van der Waals surface area contributed by atoms with Gasteiger partial charge in [-0.15, -0.1) is 0 Å². The van der Waals surface area contributed by atoms with Crippen LogP contribution in [0.4, 0.5) is 18.9 Å². The molecule has 1 unspecified atom stereocenters. The second kappa shape index (κ2) is 10.7. The number of hydrogen-bond donors (Lipinski definition) is 3. The lowest BCUT2D eigenvalue weighted by atomic mass is 9.68. The first-order valence-electron chi connectivity index (χ1n) is 12.2. The van der Waals surface area contributed by atoms with Crippen LogP contribution in [0.3, 0.4) is 0 Å². The van der Waals surface area contributed by atoms with E-state index in [2.05, 4.69) is 10.0 Å². The molecule has 4 rings (SSSR count). The summed E-state index contributed by atoms with van der Waals surface area (Å²) in [4.78, 5) is 12.4. The van der Waals surface area contributed by atoms with E-state index in [0.717, 1.165) is 12.3 Å². The van der Waals surface area contributed by atoms with Gasteiger partial charge in [0.15, 0.2) is 27.3 Å². The van der Waals surface area contributed by atoms with Crippen LogP contribution in [0.5, 0.6) is 0 Å². The number of sulfone groups is 1. The van der Waals surface area contributed by atoms with E-state index in [-0.39, 0.29) is 52.4 Å². The standard InChI is InChI=1S/C25H28ClF3N2O6S2/c1-13(12-30-38(2,34)35)25(33)15-4-5-16(25)9-18(8-15)39(36,37)22-7-14(3-6-19(22)26)24(32)31-17-10-20(27)23(29)21(28)11-17/h3,6-7,10-11,13,15-16,18,30,33H,4-5,8-9,12H2,1-2H3,(H,31,32)/t13?,15-,16+,18-,25-. The van der Waals surface area contributed by atoms with E-state index in [4.69, 9.17) is 11.6 Å². The summed E-state index contributed by atoms with van der Waals surface area (Å²) in [7, 11) is -7.55. The van der Waals surface area contributed by atoms with Gasteiger partial charge in [-0.1, -0.05) is 18.5 Å². The zero-order valence-corrected chi connectivity index (χ0v) is 23.4. The van der Waals surface area contributed by atoms with Crippen molar-refractivity contribution in [3.63, 3.8) is 0 Å². The number of amides is 1. The fourth-order valence-electron chi connectivity index (χ4n) is 5.91. The fourth-order valence-corrected chi connectivity index (χ4v) is 8.87. The molecule has 39 heavy (non-hydrogen) atoms. The van der Waals surface area contributed by atoms with Gasteiger partial charge in [-0.3, -0.25) is 4.79 Å². The molecule has 0 aromatic heterocycles. The average Bonchev–Trinajstić information content (AvgIpc) is 3.01. The lowest BCUT2D eigenvalue weighted by Gasteiger charge is -2.46. The molecule has 2 saturated carbocycles. The number of sulfonamides is 1. The van der Waals surface area contributed by atoms with E-state index in [0.29, 0.717) is 25.0 Å². The van der Waals surface area contributed by atoms with Gasteiger partial charge in [-0.2, -0.15) is 0 Å². The maximum Gasteiger partial charge on any atom is 0.255 e. The number of benzene rings is 2. The zero-order valence-electron chi connectivity index (χ0n) is 21.0. The number of aliphatic hydroxyl groups is 1. The Labute approximate surface area is 229 Å². The maximum atomic E-state index is 13.7. The Balaban J connectivity index is 1.55. The largest absolute Gasteiger partial charge is 0.389 e. The van der Waals surface area contributed by atoms with Gasteiger partial charge in [-0.05, 0) is 61.6 Å². The first-order valence-corrected chi connectivity index (χ1v) is 16.0. The van der Waals surface area contributed by atoms with E-state index in [1.54, 1.807) is 6.92 Å². The summed E-state index contributed by atoms with van der Waals surface area (Å²) in [6.07, 6.45) is 2.43. The van der Waals surface area contributed by atoms with Crippen molar-refractivity contribution in [1.29, 1.82) is 0 Å². The number of carbonyl (C=O) groups excluding carboxylic acids is 1. The van der Waals surface area contributed by atoms with E-state index in [1.165, 1.54) is 12.1 Å². The number of rotatable bonds is 8. The number of nitrogens with one attached hydrogen (secondary N) is 2. The predicted octanol–water partition coefficient (Wildman–Crippen LogP) is 3.89. The Kier molecular flexibility index (Phi) is 8.14. The molecule has 0 radical (unpaired) electrons. The van der Waals surface area contributed by atoms with E-state index in [1.807, 2.05) is 0 Å². The first kappa shape index (κ1) is 29.8. The van der Waals surface area contributed by atoms with Gasteiger partial charge in [0, 0.05) is 29.9 Å². The molecule has 3 N–H and O–H groups in total. The Bertz CT molecular complexity index is 1480. The average molecular weight is 609 g/mol. The smallest absolute Gasteiger partial charge is 0.255 e. The highest BCUT2D eigenvalue weighted by Crippen LogP contribution is 2.55. The summed E-state index contributed by atoms with van der Waals surface area (Å²) < 4.78 is 93.2. The van der Waals surface area contributed by atoms with Crippen molar-refractivity contribution >= 4 is 43.1 Å². The quantitative estimate of drug-likeness (QED) is 0.390. The molecule has 8 nitrogen and oxygen atoms in total. The minimum absolute atomic E-state index is 0.0184. The molecule has 1 amide bonds. The first-order chi connectivity index (χ1) is 18.0. The Morgan fingerprint density at radius 2 is 1.64 bits per heavy atom. The normalized spacial score (nSPS) is 25.9. The Morgan fingerprint density at radius 3 is 2.18 bits per heavy atom. The van der Waals surface area contributed by atoms with E-state index in [9.17, 15) is 39.9 Å². The molecule has 0 saturated heterocycles. The summed E-state index contributed by atoms with van der Waals surface area (Å²) in [6, 6.07) is 4.73. The molecular formula is C25H28ClF3N2O6S2. The summed E-state index contributed by atoms with van der Waals surface area (Å²) in [5, 5.41) is 12.8. The third kappa shape index (κ3) is 5.83. The molecular weight excluding hydrogens is 581 g/mol. The molecule has 2 aliphatic carbocycles. The molecule has 2 bridgehead atoms. The van der Waals surface area contributed by atoms with Crippen LogP contribution >= 0.6 is 11.6 Å². The van der Waals surface area contributed by atoms with Gasteiger partial charge >= 0.3 is 0 Å². The Hall–Kier alpha value is -2.19. The van der Waals surface area contributed by atoms with Crippen molar-refractivity contribution in [3.05, 3.63) is 58.4 Å². The number of halogens is 4. The molecule has 5 atom stereocenters. The molecule has 0 aliphatic heterocycles. The second-order valence-corrected chi connectivity index (χ2v) is 14.8. The SMILES string of the molecule is CC(CNS(C)(=O)=O)[C@@]1(O)[C@@H]2CC[C@H]1C[C@H](S(=O)(=O)c1cc(C(=O)Nc3cc(F)c(F)c(F)c3)ccc1Cl)C2. The monoisotopic (exact) mass is 608 g/mol. The molecule has 0 spiro atoms. The Morgan fingerprint density at radius 1 is 1.08 bits per heavy atom. The maximum absolute atomic E-state index is 13.7. The summed E-state index contributed by atoms with van der Waals surface area (Å²) >= 11 is 6.24. The van der Waals surface area contributed by atoms with Gasteiger partial charge < -0.3 is 10.4 Å². The minimum Gasteiger partial charge on any atom is -0.389 e. The second-order valence-electron chi connectivity index (χ2n) is 10.4. The van der Waals surface area contributed by atoms with Crippen LogP contribution in [-0.4, -0.2) is 51.5 Å². The van der Waals surface area contributed by atoms with Crippen LogP contribution in [0.25, 0.3) is 0 Å². The van der Waals surface area contributed by atoms with Crippen LogP contribution in [0.15, 0.2) is 35.2 Å². The van der Waals surface area contributed by atoms with E-state index < -0.39 is 60.0 Å². The highest BCUT2D eigenvalue weighted by atomic mass is 35.5. The number of anilines is 1. The van der Waals surface area contributed by atoms with Crippen molar-refractivity contribution < 1.29 is 39.9 Å². The van der Waals surface area contributed by atoms with Gasteiger partial charge in [0.25, 0.3) is 5.91 Å². The third-order valence-electron chi connectivity index (χ3n) is 7.89. The van der Waals surface area contributed by atoms with Crippen LogP contribution < -0.4 is 10.0 Å².